The largest absolute Gasteiger partial charge is 0.464 e. The van der Waals surface area contributed by atoms with Gasteiger partial charge in [-0.1, -0.05) is 12.1 Å². The summed E-state index contributed by atoms with van der Waals surface area (Å²) in [5, 5.41) is 8.80. The number of carbonyl (C=O) groups excluding carboxylic acids is 2. The molecule has 0 radical (unpaired) electrons. The molecule has 0 saturated carbocycles. The lowest BCUT2D eigenvalue weighted by atomic mass is 10.1. The molecule has 0 bridgehead atoms. The third-order valence-corrected chi connectivity index (χ3v) is 2.64. The Bertz CT molecular complexity index is 799. The monoisotopic (exact) mass is 327 g/mol. The van der Waals surface area contributed by atoms with E-state index in [0.29, 0.717) is 16.9 Å². The number of carbonyl (C=O) groups is 2. The minimum atomic E-state index is -0.573. The number of nitrogens with zero attached hydrogens (tertiary/aromatic N) is 3. The van der Waals surface area contributed by atoms with Gasteiger partial charge in [0.1, 0.15) is 0 Å². The van der Waals surface area contributed by atoms with E-state index < -0.39 is 11.9 Å². The number of benzene rings is 1. The number of ether oxygens (including phenoxy) is 2. The average Bonchev–Trinajstić information content (AvgIpc) is 3.11. The fraction of sp³-hybridized carbons (Fsp3) is 0.188. The van der Waals surface area contributed by atoms with E-state index in [0.717, 1.165) is 0 Å². The van der Waals surface area contributed by atoms with Crippen LogP contribution in [-0.2, 0) is 14.3 Å². The van der Waals surface area contributed by atoms with Crippen LogP contribution < -0.4 is 0 Å². The molecule has 0 unspecified atom stereocenters. The predicted octanol–water partition coefficient (Wildman–Crippen LogP) is 2.08. The van der Waals surface area contributed by atoms with Gasteiger partial charge in [0.25, 0.3) is 0 Å². The van der Waals surface area contributed by atoms with Gasteiger partial charge in [0.15, 0.2) is 17.8 Å². The Morgan fingerprint density at radius 2 is 2.12 bits per heavy atom. The summed E-state index contributed by atoms with van der Waals surface area (Å²) >= 11 is 0. The Labute approximate surface area is 138 Å². The van der Waals surface area contributed by atoms with E-state index in [4.69, 9.17) is 16.3 Å². The number of esters is 2. The molecule has 0 aliphatic carbocycles. The van der Waals surface area contributed by atoms with Crippen molar-refractivity contribution < 1.29 is 23.5 Å². The van der Waals surface area contributed by atoms with Crippen LogP contribution in [0.25, 0.3) is 16.2 Å². The first-order chi connectivity index (χ1) is 11.6. The molecule has 0 spiro atoms. The highest BCUT2D eigenvalue weighted by atomic mass is 16.5. The van der Waals surface area contributed by atoms with E-state index in [1.54, 1.807) is 24.3 Å². The maximum atomic E-state index is 11.4. The highest BCUT2D eigenvalue weighted by Crippen LogP contribution is 2.24. The quantitative estimate of drug-likeness (QED) is 0.627. The fourth-order valence-electron chi connectivity index (χ4n) is 1.55. The van der Waals surface area contributed by atoms with Gasteiger partial charge in [-0.15, -0.1) is 0 Å². The lowest BCUT2D eigenvalue weighted by molar-refractivity contribution is -0.138. The zero-order chi connectivity index (χ0) is 17.9. The molecule has 0 aliphatic heterocycles. The van der Waals surface area contributed by atoms with Gasteiger partial charge in [0, 0.05) is 5.56 Å². The molecule has 0 atom stereocenters. The Morgan fingerprint density at radius 3 is 2.67 bits per heavy atom. The Morgan fingerprint density at radius 1 is 1.38 bits per heavy atom. The molecular formula is C16H13N3O5. The van der Waals surface area contributed by atoms with Gasteiger partial charge in [-0.25, -0.2) is 21.1 Å². The van der Waals surface area contributed by atoms with Crippen molar-refractivity contribution in [1.82, 2.24) is 4.98 Å². The molecule has 0 saturated heterocycles. The van der Waals surface area contributed by atoms with Crippen molar-refractivity contribution >= 4 is 11.9 Å². The van der Waals surface area contributed by atoms with E-state index in [-0.39, 0.29) is 12.2 Å². The van der Waals surface area contributed by atoms with Crippen LogP contribution in [0.15, 0.2) is 35.1 Å². The van der Waals surface area contributed by atoms with Crippen molar-refractivity contribution in [3.63, 3.8) is 0 Å². The number of hydrogen-bond donors (Lipinski definition) is 0. The van der Waals surface area contributed by atoms with Crippen LogP contribution in [0, 0.1) is 17.9 Å². The first-order valence-electron chi connectivity index (χ1n) is 6.49. The van der Waals surface area contributed by atoms with Crippen LogP contribution >= 0.6 is 0 Å². The first kappa shape index (κ1) is 18.4. The highest BCUT2D eigenvalue weighted by Gasteiger charge is 2.18. The molecule has 0 aliphatic rings. The average molecular weight is 327 g/mol. The zero-order valence-electron chi connectivity index (χ0n) is 13.0. The standard InChI is InChI=1S/C12H8N2O3.C4H5NO2/c1-16-12(15)10-11(17-7-14-10)9-4-2-3-8(5-9)6-13;1-5-3-4(6)7-2/h2-5,7H,1H3;3H2,2H3. The molecule has 1 aromatic heterocycles. The van der Waals surface area contributed by atoms with Gasteiger partial charge in [-0.2, -0.15) is 5.26 Å². The Hall–Kier alpha value is -3.65. The summed E-state index contributed by atoms with van der Waals surface area (Å²) in [4.78, 5) is 28.0. The van der Waals surface area contributed by atoms with Gasteiger partial charge in [-0.3, -0.25) is 0 Å². The summed E-state index contributed by atoms with van der Waals surface area (Å²) in [5.74, 6) is -0.750. The SMILES string of the molecule is COC(=O)c1ncoc1-c1cccc(C#N)c1.[C-]#[N+]CC(=O)OC. The molecular weight excluding hydrogens is 314 g/mol. The molecule has 122 valence electrons. The number of oxazole rings is 1. The van der Waals surface area contributed by atoms with E-state index in [1.165, 1.54) is 20.6 Å². The second kappa shape index (κ2) is 9.38. The second-order valence-electron chi connectivity index (χ2n) is 4.11. The van der Waals surface area contributed by atoms with E-state index in [1.807, 2.05) is 6.07 Å². The summed E-state index contributed by atoms with van der Waals surface area (Å²) in [6, 6.07) is 8.73. The van der Waals surface area contributed by atoms with Crippen molar-refractivity contribution in [1.29, 1.82) is 5.26 Å². The lowest BCUT2D eigenvalue weighted by Gasteiger charge is -2.00. The minimum absolute atomic E-state index is 0.0996. The van der Waals surface area contributed by atoms with Gasteiger partial charge < -0.3 is 18.7 Å². The third-order valence-electron chi connectivity index (χ3n) is 2.64. The molecule has 8 heteroatoms. The minimum Gasteiger partial charge on any atom is -0.464 e. The molecule has 0 N–H and O–H groups in total. The molecule has 0 fully saturated rings. The van der Waals surface area contributed by atoms with E-state index >= 15 is 0 Å². The molecule has 0 amide bonds. The molecule has 8 nitrogen and oxygen atoms in total. The van der Waals surface area contributed by atoms with Crippen LogP contribution in [0.3, 0.4) is 0 Å². The van der Waals surface area contributed by atoms with Gasteiger partial charge >= 0.3 is 18.5 Å². The van der Waals surface area contributed by atoms with Crippen molar-refractivity contribution in [2.75, 3.05) is 20.8 Å². The normalized spacial score (nSPS) is 8.83. The summed E-state index contributed by atoms with van der Waals surface area (Å²) < 4.78 is 13.9. The smallest absolute Gasteiger partial charge is 0.386 e. The Kier molecular flexibility index (Phi) is 7.19. The highest BCUT2D eigenvalue weighted by molar-refractivity contribution is 5.93. The number of aromatic nitrogens is 1. The first-order valence-corrected chi connectivity index (χ1v) is 6.49. The van der Waals surface area contributed by atoms with Crippen LogP contribution in [0.2, 0.25) is 0 Å². The van der Waals surface area contributed by atoms with Crippen molar-refractivity contribution in [2.45, 2.75) is 0 Å². The number of hydrogen-bond acceptors (Lipinski definition) is 7. The van der Waals surface area contributed by atoms with Crippen molar-refractivity contribution in [2.24, 2.45) is 0 Å². The van der Waals surface area contributed by atoms with Crippen LogP contribution in [0.4, 0.5) is 0 Å². The lowest BCUT2D eigenvalue weighted by Crippen LogP contribution is -2.03. The van der Waals surface area contributed by atoms with E-state index in [2.05, 4.69) is 19.3 Å². The summed E-state index contributed by atoms with van der Waals surface area (Å²) in [6.45, 7) is 5.99. The molecule has 24 heavy (non-hydrogen) atoms. The molecule has 1 aromatic carbocycles. The predicted molar refractivity (Wildman–Crippen MR) is 81.5 cm³/mol. The third kappa shape index (κ3) is 4.97. The zero-order valence-corrected chi connectivity index (χ0v) is 13.0. The summed E-state index contributed by atoms with van der Waals surface area (Å²) in [5.41, 5.74) is 1.19. The topological polar surface area (TPSA) is 107 Å². The van der Waals surface area contributed by atoms with Gasteiger partial charge in [0.05, 0.1) is 25.9 Å². The summed E-state index contributed by atoms with van der Waals surface area (Å²) in [7, 11) is 2.53. The second-order valence-corrected chi connectivity index (χ2v) is 4.11. The number of methoxy groups -OCH3 is 2. The Balaban J connectivity index is 0.000000351. The number of rotatable bonds is 3. The van der Waals surface area contributed by atoms with Crippen LogP contribution in [0.5, 0.6) is 0 Å². The molecule has 1 heterocycles. The van der Waals surface area contributed by atoms with Crippen LogP contribution in [-0.4, -0.2) is 37.7 Å². The maximum Gasteiger partial charge on any atom is 0.386 e. The maximum absolute atomic E-state index is 11.4. The molecule has 2 rings (SSSR count). The molecule has 2 aromatic rings. The van der Waals surface area contributed by atoms with Crippen LogP contribution in [0.1, 0.15) is 16.1 Å². The van der Waals surface area contributed by atoms with Crippen molar-refractivity contribution in [3.05, 3.63) is 53.3 Å². The van der Waals surface area contributed by atoms with Gasteiger partial charge in [-0.05, 0) is 12.1 Å². The van der Waals surface area contributed by atoms with E-state index in [9.17, 15) is 9.59 Å². The number of nitriles is 1. The van der Waals surface area contributed by atoms with Crippen molar-refractivity contribution in [3.8, 4) is 17.4 Å². The fourth-order valence-corrected chi connectivity index (χ4v) is 1.55. The van der Waals surface area contributed by atoms with Gasteiger partial charge in [0.2, 0.25) is 0 Å². The summed E-state index contributed by atoms with van der Waals surface area (Å²) in [6.07, 6.45) is 1.17.